The number of likely N-dealkylation sites (N-methyl/N-ethyl adjacent to an activating group) is 1. The second-order valence-corrected chi connectivity index (χ2v) is 6.81. The molecule has 2 atom stereocenters. The molecular weight excluding hydrogens is 320 g/mol. The zero-order valence-electron chi connectivity index (χ0n) is 15.0. The van der Waals surface area contributed by atoms with E-state index in [0.717, 1.165) is 30.7 Å². The molecule has 138 valence electrons. The van der Waals surface area contributed by atoms with Crippen LogP contribution < -0.4 is 10.1 Å². The number of amides is 1. The first kappa shape index (κ1) is 19.2. The van der Waals surface area contributed by atoms with E-state index in [-0.39, 0.29) is 5.91 Å². The fraction of sp³-hybridized carbons (Fsp3) is 0.579. The van der Waals surface area contributed by atoms with Gasteiger partial charge in [0, 0.05) is 18.7 Å². The van der Waals surface area contributed by atoms with Crippen molar-refractivity contribution in [3.63, 3.8) is 0 Å². The standard InChI is InChI=1S/C19H28N2O4/c1-21(2)11-12-25-17-10-6-3-7-14(17)13-20-18(22)15-8-4-5-9-16(15)19(23)24/h3,6-7,10,15-16H,4-5,8-9,11-13H2,1-2H3,(H,20,22)(H,23,24). The molecule has 2 unspecified atom stereocenters. The summed E-state index contributed by atoms with van der Waals surface area (Å²) in [5.74, 6) is -1.29. The van der Waals surface area contributed by atoms with Crippen molar-refractivity contribution < 1.29 is 19.4 Å². The number of para-hydroxylation sites is 1. The molecule has 6 nitrogen and oxygen atoms in total. The summed E-state index contributed by atoms with van der Waals surface area (Å²) >= 11 is 0. The number of nitrogens with one attached hydrogen (secondary N) is 1. The van der Waals surface area contributed by atoms with Gasteiger partial charge in [-0.15, -0.1) is 0 Å². The molecule has 2 N–H and O–H groups in total. The molecular formula is C19H28N2O4. The second-order valence-electron chi connectivity index (χ2n) is 6.81. The predicted molar refractivity (Wildman–Crippen MR) is 95.4 cm³/mol. The largest absolute Gasteiger partial charge is 0.492 e. The van der Waals surface area contributed by atoms with Gasteiger partial charge in [0.25, 0.3) is 0 Å². The zero-order chi connectivity index (χ0) is 18.2. The molecule has 6 heteroatoms. The highest BCUT2D eigenvalue weighted by atomic mass is 16.5. The second kappa shape index (κ2) is 9.42. The molecule has 1 fully saturated rings. The van der Waals surface area contributed by atoms with Gasteiger partial charge < -0.3 is 20.1 Å². The van der Waals surface area contributed by atoms with Crippen LogP contribution in [0.3, 0.4) is 0 Å². The summed E-state index contributed by atoms with van der Waals surface area (Å²) in [7, 11) is 3.97. The van der Waals surface area contributed by atoms with E-state index in [1.807, 2.05) is 43.3 Å². The van der Waals surface area contributed by atoms with Crippen LogP contribution in [-0.4, -0.2) is 49.1 Å². The molecule has 25 heavy (non-hydrogen) atoms. The SMILES string of the molecule is CN(C)CCOc1ccccc1CNC(=O)C1CCCCC1C(=O)O. The summed E-state index contributed by atoms with van der Waals surface area (Å²) < 4.78 is 5.80. The molecule has 0 bridgehead atoms. The average molecular weight is 348 g/mol. The number of benzene rings is 1. The number of aliphatic carboxylic acids is 1. The first-order valence-electron chi connectivity index (χ1n) is 8.85. The summed E-state index contributed by atoms with van der Waals surface area (Å²) in [4.78, 5) is 25.9. The summed E-state index contributed by atoms with van der Waals surface area (Å²) in [6, 6.07) is 7.61. The van der Waals surface area contributed by atoms with Gasteiger partial charge in [-0.3, -0.25) is 9.59 Å². The molecule has 1 aromatic rings. The van der Waals surface area contributed by atoms with Crippen molar-refractivity contribution in [2.24, 2.45) is 11.8 Å². The molecule has 0 saturated heterocycles. The van der Waals surface area contributed by atoms with Crippen molar-refractivity contribution in [1.29, 1.82) is 0 Å². The quantitative estimate of drug-likeness (QED) is 0.752. The first-order chi connectivity index (χ1) is 12.0. The highest BCUT2D eigenvalue weighted by Gasteiger charge is 2.35. The Morgan fingerprint density at radius 3 is 2.56 bits per heavy atom. The average Bonchev–Trinajstić information content (AvgIpc) is 2.60. The lowest BCUT2D eigenvalue weighted by Gasteiger charge is -2.27. The minimum atomic E-state index is -0.868. The van der Waals surface area contributed by atoms with Crippen LogP contribution in [0.15, 0.2) is 24.3 Å². The van der Waals surface area contributed by atoms with Crippen LogP contribution in [0.4, 0.5) is 0 Å². The van der Waals surface area contributed by atoms with Gasteiger partial charge in [0.05, 0.1) is 11.8 Å². The van der Waals surface area contributed by atoms with Crippen molar-refractivity contribution >= 4 is 11.9 Å². The Labute approximate surface area is 149 Å². The number of carboxylic acids is 1. The van der Waals surface area contributed by atoms with Gasteiger partial charge in [-0.1, -0.05) is 31.0 Å². The fourth-order valence-electron chi connectivity index (χ4n) is 3.18. The topological polar surface area (TPSA) is 78.9 Å². The number of ether oxygens (including phenoxy) is 1. The number of hydrogen-bond donors (Lipinski definition) is 2. The minimum absolute atomic E-state index is 0.171. The zero-order valence-corrected chi connectivity index (χ0v) is 15.0. The number of hydrogen-bond acceptors (Lipinski definition) is 4. The van der Waals surface area contributed by atoms with Crippen molar-refractivity contribution in [3.05, 3.63) is 29.8 Å². The molecule has 0 radical (unpaired) electrons. The molecule has 1 saturated carbocycles. The van der Waals surface area contributed by atoms with E-state index in [1.165, 1.54) is 0 Å². The molecule has 0 aromatic heterocycles. The molecule has 2 rings (SSSR count). The van der Waals surface area contributed by atoms with Crippen molar-refractivity contribution in [2.75, 3.05) is 27.2 Å². The third kappa shape index (κ3) is 5.74. The minimum Gasteiger partial charge on any atom is -0.492 e. The lowest BCUT2D eigenvalue weighted by Crippen LogP contribution is -2.39. The number of carbonyl (C=O) groups is 2. The van der Waals surface area contributed by atoms with E-state index in [2.05, 4.69) is 5.32 Å². The van der Waals surface area contributed by atoms with Crippen LogP contribution in [0.1, 0.15) is 31.2 Å². The predicted octanol–water partition coefficient (Wildman–Crippen LogP) is 2.13. The van der Waals surface area contributed by atoms with Gasteiger partial charge in [0.15, 0.2) is 0 Å². The maximum atomic E-state index is 12.5. The summed E-state index contributed by atoms with van der Waals surface area (Å²) in [5, 5.41) is 12.2. The Kier molecular flexibility index (Phi) is 7.25. The van der Waals surface area contributed by atoms with Gasteiger partial charge in [-0.2, -0.15) is 0 Å². The van der Waals surface area contributed by atoms with Crippen molar-refractivity contribution in [3.8, 4) is 5.75 Å². The highest BCUT2D eigenvalue weighted by molar-refractivity contribution is 5.84. The van der Waals surface area contributed by atoms with E-state index in [1.54, 1.807) is 0 Å². The van der Waals surface area contributed by atoms with Gasteiger partial charge in [0.1, 0.15) is 12.4 Å². The Bertz CT molecular complexity index is 589. The molecule has 0 spiro atoms. The van der Waals surface area contributed by atoms with Crippen molar-refractivity contribution in [1.82, 2.24) is 10.2 Å². The third-order valence-corrected chi connectivity index (χ3v) is 4.64. The smallest absolute Gasteiger partial charge is 0.307 e. The van der Waals surface area contributed by atoms with Crippen LogP contribution in [0.5, 0.6) is 5.75 Å². The molecule has 1 amide bonds. The van der Waals surface area contributed by atoms with E-state index in [4.69, 9.17) is 4.74 Å². The monoisotopic (exact) mass is 348 g/mol. The van der Waals surface area contributed by atoms with E-state index >= 15 is 0 Å². The molecule has 0 heterocycles. The lowest BCUT2D eigenvalue weighted by atomic mass is 9.78. The van der Waals surface area contributed by atoms with E-state index in [0.29, 0.717) is 26.0 Å². The van der Waals surface area contributed by atoms with E-state index < -0.39 is 17.8 Å². The number of carboxylic acid groups (broad SMARTS) is 1. The first-order valence-corrected chi connectivity index (χ1v) is 8.85. The Morgan fingerprint density at radius 2 is 1.88 bits per heavy atom. The Balaban J connectivity index is 1.93. The Hall–Kier alpha value is -2.08. The van der Waals surface area contributed by atoms with Gasteiger partial charge in [0.2, 0.25) is 5.91 Å². The molecule has 0 aliphatic heterocycles. The Morgan fingerprint density at radius 1 is 1.20 bits per heavy atom. The fourth-order valence-corrected chi connectivity index (χ4v) is 3.18. The maximum Gasteiger partial charge on any atom is 0.307 e. The summed E-state index contributed by atoms with van der Waals surface area (Å²) in [6.45, 7) is 1.73. The summed E-state index contributed by atoms with van der Waals surface area (Å²) in [6.07, 6.45) is 3.01. The van der Waals surface area contributed by atoms with Gasteiger partial charge >= 0.3 is 5.97 Å². The maximum absolute atomic E-state index is 12.5. The van der Waals surface area contributed by atoms with Crippen LogP contribution in [0.25, 0.3) is 0 Å². The van der Waals surface area contributed by atoms with Crippen molar-refractivity contribution in [2.45, 2.75) is 32.2 Å². The molecule has 1 aliphatic rings. The van der Waals surface area contributed by atoms with Gasteiger partial charge in [-0.05, 0) is 33.0 Å². The number of nitrogens with zero attached hydrogens (tertiary/aromatic N) is 1. The number of rotatable bonds is 8. The number of carbonyl (C=O) groups excluding carboxylic acids is 1. The normalized spacial score (nSPS) is 20.3. The van der Waals surface area contributed by atoms with Crippen LogP contribution in [0, 0.1) is 11.8 Å². The molecule has 1 aromatic carbocycles. The summed E-state index contributed by atoms with van der Waals surface area (Å²) in [5.41, 5.74) is 0.900. The van der Waals surface area contributed by atoms with Crippen LogP contribution in [0.2, 0.25) is 0 Å². The third-order valence-electron chi connectivity index (χ3n) is 4.64. The van der Waals surface area contributed by atoms with Gasteiger partial charge in [-0.25, -0.2) is 0 Å². The molecule has 1 aliphatic carbocycles. The highest BCUT2D eigenvalue weighted by Crippen LogP contribution is 2.30. The van der Waals surface area contributed by atoms with Crippen LogP contribution in [-0.2, 0) is 16.1 Å². The van der Waals surface area contributed by atoms with E-state index in [9.17, 15) is 14.7 Å². The van der Waals surface area contributed by atoms with Crippen LogP contribution >= 0.6 is 0 Å². The lowest BCUT2D eigenvalue weighted by molar-refractivity contribution is -0.148.